The molecule has 0 unspecified atom stereocenters. The van der Waals surface area contributed by atoms with Gasteiger partial charge in [-0.3, -0.25) is 4.79 Å². The van der Waals surface area contributed by atoms with E-state index in [0.29, 0.717) is 0 Å². The molecule has 0 radical (unpaired) electrons. The number of nitrogens with one attached hydrogen (secondary N) is 1. The SMILES string of the molecule is CC(C)(CO)[C@@H](O)C(=O)N[C@@H](Cc1ccccc1)C(=O)O. The van der Waals surface area contributed by atoms with Gasteiger partial charge in [0, 0.05) is 11.8 Å². The lowest BCUT2D eigenvalue weighted by Crippen LogP contribution is -2.51. The Bertz CT molecular complexity index is 486. The van der Waals surface area contributed by atoms with Crippen molar-refractivity contribution in [3.8, 4) is 0 Å². The van der Waals surface area contributed by atoms with Crippen molar-refractivity contribution < 1.29 is 24.9 Å². The fraction of sp³-hybridized carbons (Fsp3) is 0.467. The molecule has 116 valence electrons. The Morgan fingerprint density at radius 2 is 1.81 bits per heavy atom. The van der Waals surface area contributed by atoms with E-state index < -0.39 is 36.0 Å². The molecule has 0 spiro atoms. The summed E-state index contributed by atoms with van der Waals surface area (Å²) in [6, 6.07) is 7.75. The number of hydrogen-bond acceptors (Lipinski definition) is 4. The van der Waals surface area contributed by atoms with Gasteiger partial charge in [0.25, 0.3) is 0 Å². The predicted octanol–water partition coefficient (Wildman–Crippen LogP) is 0.178. The van der Waals surface area contributed by atoms with Crippen LogP contribution in [0, 0.1) is 5.41 Å². The maximum atomic E-state index is 11.9. The van der Waals surface area contributed by atoms with Gasteiger partial charge in [-0.2, -0.15) is 0 Å². The van der Waals surface area contributed by atoms with Crippen LogP contribution in [-0.4, -0.2) is 45.9 Å². The molecule has 0 aliphatic carbocycles. The summed E-state index contributed by atoms with van der Waals surface area (Å²) in [5.41, 5.74) is -0.277. The van der Waals surface area contributed by atoms with Crippen LogP contribution in [0.5, 0.6) is 0 Å². The molecule has 0 saturated carbocycles. The maximum absolute atomic E-state index is 11.9. The van der Waals surface area contributed by atoms with E-state index >= 15 is 0 Å². The first-order valence-electron chi connectivity index (χ1n) is 6.64. The van der Waals surface area contributed by atoms with Crippen molar-refractivity contribution in [1.29, 1.82) is 0 Å². The molecule has 0 aromatic heterocycles. The highest BCUT2D eigenvalue weighted by molar-refractivity contribution is 5.86. The summed E-state index contributed by atoms with van der Waals surface area (Å²) in [6.45, 7) is 2.65. The Hall–Kier alpha value is -1.92. The largest absolute Gasteiger partial charge is 0.480 e. The Kier molecular flexibility index (Phi) is 5.87. The first-order chi connectivity index (χ1) is 9.77. The molecule has 6 nitrogen and oxygen atoms in total. The van der Waals surface area contributed by atoms with Crippen LogP contribution in [0.15, 0.2) is 30.3 Å². The molecule has 21 heavy (non-hydrogen) atoms. The molecule has 1 rings (SSSR count). The van der Waals surface area contributed by atoms with Crippen molar-refractivity contribution in [1.82, 2.24) is 5.32 Å². The second kappa shape index (κ2) is 7.19. The fourth-order valence-corrected chi connectivity index (χ4v) is 1.74. The summed E-state index contributed by atoms with van der Waals surface area (Å²) in [4.78, 5) is 23.2. The summed E-state index contributed by atoms with van der Waals surface area (Å²) >= 11 is 0. The van der Waals surface area contributed by atoms with Gasteiger partial charge in [-0.25, -0.2) is 4.79 Å². The third-order valence-corrected chi connectivity index (χ3v) is 3.29. The van der Waals surface area contributed by atoms with E-state index in [9.17, 15) is 19.8 Å². The number of aliphatic hydroxyl groups excluding tert-OH is 2. The Morgan fingerprint density at radius 1 is 1.24 bits per heavy atom. The zero-order chi connectivity index (χ0) is 16.0. The van der Waals surface area contributed by atoms with E-state index in [2.05, 4.69) is 5.32 Å². The summed E-state index contributed by atoms with van der Waals surface area (Å²) in [5, 5.41) is 30.5. The van der Waals surface area contributed by atoms with Crippen molar-refractivity contribution in [2.24, 2.45) is 5.41 Å². The zero-order valence-electron chi connectivity index (χ0n) is 12.1. The smallest absolute Gasteiger partial charge is 0.326 e. The van der Waals surface area contributed by atoms with Gasteiger partial charge < -0.3 is 20.6 Å². The normalized spacial score (nSPS) is 14.3. The van der Waals surface area contributed by atoms with Crippen LogP contribution in [0.1, 0.15) is 19.4 Å². The standard InChI is InChI=1S/C15H21NO5/c1-15(2,9-17)12(18)13(19)16-11(14(20)21)8-10-6-4-3-5-7-10/h3-7,11-12,17-18H,8-9H2,1-2H3,(H,16,19)(H,20,21)/t11-,12-/m0/s1. The van der Waals surface area contributed by atoms with Gasteiger partial charge >= 0.3 is 5.97 Å². The average molecular weight is 295 g/mol. The van der Waals surface area contributed by atoms with Gasteiger partial charge in [0.1, 0.15) is 12.1 Å². The number of carbonyl (C=O) groups is 2. The quantitative estimate of drug-likeness (QED) is 0.574. The van der Waals surface area contributed by atoms with Gasteiger partial charge in [0.15, 0.2) is 0 Å². The molecule has 1 amide bonds. The third-order valence-electron chi connectivity index (χ3n) is 3.29. The van der Waals surface area contributed by atoms with Gasteiger partial charge in [0.05, 0.1) is 6.61 Å². The lowest BCUT2D eigenvalue weighted by Gasteiger charge is -2.28. The van der Waals surface area contributed by atoms with Crippen molar-refractivity contribution in [3.05, 3.63) is 35.9 Å². The lowest BCUT2D eigenvalue weighted by molar-refractivity contribution is -0.146. The van der Waals surface area contributed by atoms with Crippen LogP contribution in [0.2, 0.25) is 0 Å². The number of hydrogen-bond donors (Lipinski definition) is 4. The van der Waals surface area contributed by atoms with E-state index in [1.54, 1.807) is 24.3 Å². The van der Waals surface area contributed by atoms with Crippen molar-refractivity contribution in [2.75, 3.05) is 6.61 Å². The number of rotatable bonds is 7. The highest BCUT2D eigenvalue weighted by atomic mass is 16.4. The van der Waals surface area contributed by atoms with Crippen molar-refractivity contribution in [3.63, 3.8) is 0 Å². The minimum absolute atomic E-state index is 0.119. The highest BCUT2D eigenvalue weighted by Crippen LogP contribution is 2.19. The molecule has 4 N–H and O–H groups in total. The van der Waals surface area contributed by atoms with Crippen LogP contribution in [0.25, 0.3) is 0 Å². The van der Waals surface area contributed by atoms with Gasteiger partial charge in [0.2, 0.25) is 5.91 Å². The van der Waals surface area contributed by atoms with E-state index in [4.69, 9.17) is 5.11 Å². The summed E-state index contributed by atoms with van der Waals surface area (Å²) in [7, 11) is 0. The Morgan fingerprint density at radius 3 is 2.29 bits per heavy atom. The van der Waals surface area contributed by atoms with Crippen molar-refractivity contribution in [2.45, 2.75) is 32.4 Å². The Balaban J connectivity index is 2.75. The monoisotopic (exact) mass is 295 g/mol. The van der Waals surface area contributed by atoms with Gasteiger partial charge in [-0.15, -0.1) is 0 Å². The van der Waals surface area contributed by atoms with Crippen LogP contribution < -0.4 is 5.32 Å². The van der Waals surface area contributed by atoms with Crippen LogP contribution in [0.4, 0.5) is 0 Å². The topological polar surface area (TPSA) is 107 Å². The lowest BCUT2D eigenvalue weighted by atomic mass is 9.87. The zero-order valence-corrected chi connectivity index (χ0v) is 12.1. The van der Waals surface area contributed by atoms with E-state index in [1.165, 1.54) is 13.8 Å². The van der Waals surface area contributed by atoms with Crippen LogP contribution >= 0.6 is 0 Å². The van der Waals surface area contributed by atoms with E-state index in [1.807, 2.05) is 6.07 Å². The second-order valence-corrected chi connectivity index (χ2v) is 5.64. The minimum Gasteiger partial charge on any atom is -0.480 e. The van der Waals surface area contributed by atoms with Crippen LogP contribution in [0.3, 0.4) is 0 Å². The molecule has 2 atom stereocenters. The summed E-state index contributed by atoms with van der Waals surface area (Å²) in [5.74, 6) is -1.99. The van der Waals surface area contributed by atoms with Crippen molar-refractivity contribution >= 4 is 11.9 Å². The number of aliphatic carboxylic acids is 1. The molecule has 0 aliphatic rings. The number of carbonyl (C=O) groups excluding carboxylic acids is 1. The molecule has 0 fully saturated rings. The summed E-state index contributed by atoms with van der Waals surface area (Å²) in [6.07, 6.45) is -1.37. The van der Waals surface area contributed by atoms with E-state index in [0.717, 1.165) is 5.56 Å². The molecule has 6 heteroatoms. The second-order valence-electron chi connectivity index (χ2n) is 5.64. The highest BCUT2D eigenvalue weighted by Gasteiger charge is 2.34. The van der Waals surface area contributed by atoms with Crippen LogP contribution in [-0.2, 0) is 16.0 Å². The average Bonchev–Trinajstić information content (AvgIpc) is 2.46. The number of carboxylic acid groups (broad SMARTS) is 1. The summed E-state index contributed by atoms with van der Waals surface area (Å²) < 4.78 is 0. The molecule has 0 aliphatic heterocycles. The fourth-order valence-electron chi connectivity index (χ4n) is 1.74. The molecule has 0 bridgehead atoms. The van der Waals surface area contributed by atoms with Gasteiger partial charge in [-0.05, 0) is 5.56 Å². The van der Waals surface area contributed by atoms with Gasteiger partial charge in [-0.1, -0.05) is 44.2 Å². The maximum Gasteiger partial charge on any atom is 0.326 e. The number of benzene rings is 1. The molecular formula is C15H21NO5. The molecule has 0 saturated heterocycles. The predicted molar refractivity (Wildman–Crippen MR) is 76.6 cm³/mol. The minimum atomic E-state index is -1.49. The molecule has 1 aromatic carbocycles. The Labute approximate surface area is 123 Å². The first-order valence-corrected chi connectivity index (χ1v) is 6.64. The number of amides is 1. The van der Waals surface area contributed by atoms with E-state index in [-0.39, 0.29) is 6.42 Å². The number of carboxylic acids is 1. The number of aliphatic hydroxyl groups is 2. The molecule has 0 heterocycles. The third kappa shape index (κ3) is 4.84. The first kappa shape index (κ1) is 17.1. The molecule has 1 aromatic rings. The molecular weight excluding hydrogens is 274 g/mol.